The van der Waals surface area contributed by atoms with Gasteiger partial charge in [-0.25, -0.2) is 4.39 Å². The Morgan fingerprint density at radius 2 is 2.19 bits per heavy atom. The predicted octanol–water partition coefficient (Wildman–Crippen LogP) is 2.07. The van der Waals surface area contributed by atoms with Crippen molar-refractivity contribution in [2.75, 3.05) is 20.3 Å². The molecule has 0 saturated carbocycles. The van der Waals surface area contributed by atoms with E-state index in [1.165, 1.54) is 19.2 Å². The summed E-state index contributed by atoms with van der Waals surface area (Å²) < 4.78 is 23.4. The van der Waals surface area contributed by atoms with Crippen molar-refractivity contribution in [3.8, 4) is 0 Å². The summed E-state index contributed by atoms with van der Waals surface area (Å²) in [6.45, 7) is 3.18. The van der Waals surface area contributed by atoms with E-state index in [1.807, 2.05) is 0 Å². The average molecular weight is 295 g/mol. The van der Waals surface area contributed by atoms with E-state index in [0.29, 0.717) is 13.0 Å². The zero-order chi connectivity index (χ0) is 15.3. The summed E-state index contributed by atoms with van der Waals surface area (Å²) in [6, 6.07) is 6.16. The molecule has 116 valence electrons. The zero-order valence-electron chi connectivity index (χ0n) is 12.5. The highest BCUT2D eigenvalue weighted by atomic mass is 19.1. The van der Waals surface area contributed by atoms with Gasteiger partial charge in [-0.3, -0.25) is 10.1 Å². The molecule has 2 rings (SSSR count). The van der Waals surface area contributed by atoms with Crippen LogP contribution in [-0.2, 0) is 20.7 Å². The minimum absolute atomic E-state index is 0.141. The van der Waals surface area contributed by atoms with Gasteiger partial charge in [0.2, 0.25) is 0 Å². The number of carbonyl (C=O) groups excluding carboxylic acids is 1. The summed E-state index contributed by atoms with van der Waals surface area (Å²) in [5.74, 6) is -0.615. The Hall–Kier alpha value is -1.46. The van der Waals surface area contributed by atoms with Crippen molar-refractivity contribution in [1.82, 2.24) is 5.32 Å². The number of methoxy groups -OCH3 is 1. The number of nitrogens with one attached hydrogen (secondary N) is 1. The van der Waals surface area contributed by atoms with Gasteiger partial charge in [0.05, 0.1) is 13.2 Å². The molecular formula is C16H22FNO3. The minimum atomic E-state index is -0.849. The van der Waals surface area contributed by atoms with Gasteiger partial charge in [-0.2, -0.15) is 0 Å². The Morgan fingerprint density at radius 3 is 2.76 bits per heavy atom. The molecule has 0 radical (unpaired) electrons. The van der Waals surface area contributed by atoms with E-state index < -0.39 is 5.54 Å². The second-order valence-corrected chi connectivity index (χ2v) is 5.64. The van der Waals surface area contributed by atoms with Crippen molar-refractivity contribution in [3.63, 3.8) is 0 Å². The van der Waals surface area contributed by atoms with Gasteiger partial charge in [-0.15, -0.1) is 0 Å². The molecule has 2 atom stereocenters. The van der Waals surface area contributed by atoms with Crippen LogP contribution in [0.15, 0.2) is 24.3 Å². The summed E-state index contributed by atoms with van der Waals surface area (Å²) in [7, 11) is 1.37. The predicted molar refractivity (Wildman–Crippen MR) is 77.5 cm³/mol. The average Bonchev–Trinajstić information content (AvgIpc) is 3.00. The lowest BCUT2D eigenvalue weighted by Gasteiger charge is -2.29. The molecule has 2 unspecified atom stereocenters. The second-order valence-electron chi connectivity index (χ2n) is 5.64. The topological polar surface area (TPSA) is 47.6 Å². The maximum absolute atomic E-state index is 13.0. The van der Waals surface area contributed by atoms with Crippen molar-refractivity contribution < 1.29 is 18.7 Å². The fraction of sp³-hybridized carbons (Fsp3) is 0.562. The number of benzene rings is 1. The van der Waals surface area contributed by atoms with Crippen molar-refractivity contribution in [2.45, 2.75) is 37.8 Å². The molecule has 0 bridgehead atoms. The van der Waals surface area contributed by atoms with Crippen LogP contribution >= 0.6 is 0 Å². The van der Waals surface area contributed by atoms with Crippen LogP contribution in [0.3, 0.4) is 0 Å². The molecule has 4 nitrogen and oxygen atoms in total. The van der Waals surface area contributed by atoms with Crippen molar-refractivity contribution >= 4 is 5.97 Å². The Bertz CT molecular complexity index is 471. The Kier molecular flexibility index (Phi) is 5.31. The molecule has 0 aromatic heterocycles. The highest BCUT2D eigenvalue weighted by Gasteiger charge is 2.35. The number of carbonyl (C=O) groups is 1. The second kappa shape index (κ2) is 7.00. The first-order valence-electron chi connectivity index (χ1n) is 7.23. The minimum Gasteiger partial charge on any atom is -0.468 e. The summed E-state index contributed by atoms with van der Waals surface area (Å²) in [5, 5.41) is 3.26. The van der Waals surface area contributed by atoms with E-state index in [4.69, 9.17) is 9.47 Å². The molecule has 1 aliphatic heterocycles. The van der Waals surface area contributed by atoms with E-state index in [-0.39, 0.29) is 17.9 Å². The monoisotopic (exact) mass is 295 g/mol. The fourth-order valence-corrected chi connectivity index (χ4v) is 2.59. The molecule has 0 spiro atoms. The maximum atomic E-state index is 13.0. The molecule has 1 heterocycles. The molecule has 1 aromatic carbocycles. The van der Waals surface area contributed by atoms with Crippen LogP contribution in [0.5, 0.6) is 0 Å². The normalized spacial score (nSPS) is 21.0. The molecular weight excluding hydrogens is 273 g/mol. The zero-order valence-corrected chi connectivity index (χ0v) is 12.5. The number of rotatable bonds is 6. The number of halogens is 1. The molecule has 5 heteroatoms. The van der Waals surface area contributed by atoms with E-state index in [0.717, 1.165) is 25.0 Å². The number of esters is 1. The lowest BCUT2D eigenvalue weighted by Crippen LogP contribution is -2.54. The van der Waals surface area contributed by atoms with E-state index >= 15 is 0 Å². The van der Waals surface area contributed by atoms with E-state index in [2.05, 4.69) is 5.32 Å². The van der Waals surface area contributed by atoms with Gasteiger partial charge in [-0.1, -0.05) is 12.1 Å². The molecule has 1 aromatic rings. The molecule has 1 saturated heterocycles. The third-order valence-corrected chi connectivity index (χ3v) is 3.85. The van der Waals surface area contributed by atoms with Crippen LogP contribution in [-0.4, -0.2) is 37.9 Å². The van der Waals surface area contributed by atoms with Crippen LogP contribution in [0.2, 0.25) is 0 Å². The van der Waals surface area contributed by atoms with Gasteiger partial charge in [0.25, 0.3) is 0 Å². The van der Waals surface area contributed by atoms with E-state index in [9.17, 15) is 9.18 Å². The molecule has 0 amide bonds. The van der Waals surface area contributed by atoms with Crippen LogP contribution in [0, 0.1) is 5.82 Å². The summed E-state index contributed by atoms with van der Waals surface area (Å²) in [6.07, 6.45) is 2.63. The van der Waals surface area contributed by atoms with Gasteiger partial charge in [0.15, 0.2) is 0 Å². The molecule has 21 heavy (non-hydrogen) atoms. The van der Waals surface area contributed by atoms with Gasteiger partial charge in [-0.05, 0) is 37.5 Å². The van der Waals surface area contributed by atoms with Crippen LogP contribution in [0.1, 0.15) is 25.3 Å². The largest absolute Gasteiger partial charge is 0.468 e. The van der Waals surface area contributed by atoms with Crippen molar-refractivity contribution in [3.05, 3.63) is 35.6 Å². The first-order valence-corrected chi connectivity index (χ1v) is 7.23. The third-order valence-electron chi connectivity index (χ3n) is 3.85. The molecule has 1 fully saturated rings. The number of hydrogen-bond acceptors (Lipinski definition) is 4. The van der Waals surface area contributed by atoms with Crippen LogP contribution < -0.4 is 5.32 Å². The number of hydrogen-bond donors (Lipinski definition) is 1. The summed E-state index contributed by atoms with van der Waals surface area (Å²) in [5.41, 5.74) is 0.0302. The van der Waals surface area contributed by atoms with Gasteiger partial charge in [0, 0.05) is 19.6 Å². The fourth-order valence-electron chi connectivity index (χ4n) is 2.59. The standard InChI is InChI=1S/C16H22FNO3/c1-16(15(19)20-2,18-11-14-4-3-9-21-14)10-12-5-7-13(17)8-6-12/h5-8,14,18H,3-4,9-11H2,1-2H3. The van der Waals surface area contributed by atoms with Gasteiger partial charge in [0.1, 0.15) is 11.4 Å². The van der Waals surface area contributed by atoms with Gasteiger partial charge < -0.3 is 9.47 Å². The maximum Gasteiger partial charge on any atom is 0.326 e. The van der Waals surface area contributed by atoms with Gasteiger partial charge >= 0.3 is 5.97 Å². The number of ether oxygens (including phenoxy) is 2. The Morgan fingerprint density at radius 1 is 1.48 bits per heavy atom. The first kappa shape index (κ1) is 15.9. The highest BCUT2D eigenvalue weighted by Crippen LogP contribution is 2.18. The van der Waals surface area contributed by atoms with Crippen molar-refractivity contribution in [2.24, 2.45) is 0 Å². The SMILES string of the molecule is COC(=O)C(C)(Cc1ccc(F)cc1)NCC1CCCO1. The first-order chi connectivity index (χ1) is 10.0. The molecule has 1 N–H and O–H groups in total. The summed E-state index contributed by atoms with van der Waals surface area (Å²) >= 11 is 0. The quantitative estimate of drug-likeness (QED) is 0.816. The highest BCUT2D eigenvalue weighted by molar-refractivity contribution is 5.80. The Labute approximate surface area is 124 Å². The lowest BCUT2D eigenvalue weighted by atomic mass is 9.92. The van der Waals surface area contributed by atoms with Crippen molar-refractivity contribution in [1.29, 1.82) is 0 Å². The summed E-state index contributed by atoms with van der Waals surface area (Å²) in [4.78, 5) is 12.1. The third kappa shape index (κ3) is 4.25. The lowest BCUT2D eigenvalue weighted by molar-refractivity contribution is -0.148. The van der Waals surface area contributed by atoms with E-state index in [1.54, 1.807) is 19.1 Å². The smallest absolute Gasteiger partial charge is 0.326 e. The Balaban J connectivity index is 2.04. The molecule has 0 aliphatic carbocycles. The molecule has 1 aliphatic rings. The van der Waals surface area contributed by atoms with Crippen LogP contribution in [0.4, 0.5) is 4.39 Å². The van der Waals surface area contributed by atoms with Crippen LogP contribution in [0.25, 0.3) is 0 Å².